The first-order chi connectivity index (χ1) is 13.3. The summed E-state index contributed by atoms with van der Waals surface area (Å²) < 4.78 is 6.25. The molecule has 142 valence electrons. The summed E-state index contributed by atoms with van der Waals surface area (Å²) in [5, 5.41) is 9.84. The van der Waals surface area contributed by atoms with Crippen LogP contribution in [0.15, 0.2) is 48.5 Å². The lowest BCUT2D eigenvalue weighted by Crippen LogP contribution is -2.45. The van der Waals surface area contributed by atoms with Crippen LogP contribution in [0, 0.1) is 11.3 Å². The molecule has 0 atom stereocenters. The average Bonchev–Trinajstić information content (AvgIpc) is 3.15. The van der Waals surface area contributed by atoms with Crippen molar-refractivity contribution in [3.63, 3.8) is 0 Å². The van der Waals surface area contributed by atoms with Crippen LogP contribution in [0.2, 0.25) is 0 Å². The molecule has 1 amide bonds. The molecule has 0 unspecified atom stereocenters. The van der Waals surface area contributed by atoms with Crippen LogP contribution in [-0.2, 0) is 9.53 Å². The number of carbonyl (C=O) groups excluding carboxylic acids is 2. The van der Waals surface area contributed by atoms with Gasteiger partial charge in [-0.3, -0.25) is 4.79 Å². The van der Waals surface area contributed by atoms with Gasteiger partial charge in [-0.2, -0.15) is 5.26 Å². The Bertz CT molecular complexity index is 1050. The predicted octanol–water partition coefficient (Wildman–Crippen LogP) is 3.88. The minimum atomic E-state index is -0.984. The topological polar surface area (TPSA) is 83.3 Å². The van der Waals surface area contributed by atoms with Gasteiger partial charge in [-0.15, -0.1) is 11.3 Å². The third-order valence-electron chi connectivity index (χ3n) is 4.48. The van der Waals surface area contributed by atoms with Crippen LogP contribution in [0.1, 0.15) is 24.2 Å². The second-order valence-corrected chi connectivity index (χ2v) is 7.76. The predicted molar refractivity (Wildman–Crippen MR) is 108 cm³/mol. The zero-order chi connectivity index (χ0) is 20.3. The molecule has 0 aliphatic carbocycles. The van der Waals surface area contributed by atoms with E-state index in [9.17, 15) is 9.59 Å². The van der Waals surface area contributed by atoms with Crippen LogP contribution in [0.3, 0.4) is 0 Å². The van der Waals surface area contributed by atoms with Crippen molar-refractivity contribution >= 4 is 33.4 Å². The van der Waals surface area contributed by atoms with Gasteiger partial charge in [0.2, 0.25) is 0 Å². The second kappa shape index (κ2) is 7.79. The largest absolute Gasteiger partial charge is 0.452 e. The van der Waals surface area contributed by atoms with Gasteiger partial charge in [-0.1, -0.05) is 30.3 Å². The van der Waals surface area contributed by atoms with Gasteiger partial charge < -0.3 is 9.64 Å². The highest BCUT2D eigenvalue weighted by molar-refractivity contribution is 7.21. The highest BCUT2D eigenvalue weighted by atomic mass is 32.1. The summed E-state index contributed by atoms with van der Waals surface area (Å²) in [5.74, 6) is -1.05. The molecule has 2 aromatic carbocycles. The lowest BCUT2D eigenvalue weighted by molar-refractivity contribution is -0.136. The highest BCUT2D eigenvalue weighted by Gasteiger charge is 2.28. The number of fused-ring (bicyclic) bond motifs is 1. The Morgan fingerprint density at radius 1 is 1.18 bits per heavy atom. The quantitative estimate of drug-likeness (QED) is 0.614. The maximum atomic E-state index is 12.6. The lowest BCUT2D eigenvalue weighted by Gasteiger charge is -2.28. The molecule has 3 rings (SSSR count). The van der Waals surface area contributed by atoms with Crippen molar-refractivity contribution in [2.24, 2.45) is 0 Å². The van der Waals surface area contributed by atoms with Gasteiger partial charge in [-0.05, 0) is 32.0 Å². The Kier molecular flexibility index (Phi) is 5.43. The van der Waals surface area contributed by atoms with Crippen molar-refractivity contribution in [1.82, 2.24) is 9.88 Å². The maximum absolute atomic E-state index is 12.6. The van der Waals surface area contributed by atoms with Crippen LogP contribution < -0.4 is 0 Å². The third-order valence-corrected chi connectivity index (χ3v) is 5.55. The number of aromatic nitrogens is 1. The first-order valence-electron chi connectivity index (χ1n) is 8.63. The average molecular weight is 393 g/mol. The molecule has 28 heavy (non-hydrogen) atoms. The number of hydrogen-bond donors (Lipinski definition) is 0. The van der Waals surface area contributed by atoms with Gasteiger partial charge in [-0.25, -0.2) is 9.78 Å². The van der Waals surface area contributed by atoms with Crippen LogP contribution in [0.5, 0.6) is 0 Å². The SMILES string of the molecule is CN(C(=O)COC(=O)c1ccccc1-c1nc2ccccc2s1)C(C)(C)C#N. The fourth-order valence-corrected chi connectivity index (χ4v) is 3.53. The Morgan fingerprint density at radius 3 is 2.57 bits per heavy atom. The molecule has 3 aromatic rings. The summed E-state index contributed by atoms with van der Waals surface area (Å²) in [6, 6.07) is 16.8. The smallest absolute Gasteiger partial charge is 0.339 e. The molecule has 0 aliphatic heterocycles. The van der Waals surface area contributed by atoms with Crippen molar-refractivity contribution in [2.75, 3.05) is 13.7 Å². The Balaban J connectivity index is 1.80. The first-order valence-corrected chi connectivity index (χ1v) is 9.45. The molecule has 0 saturated carbocycles. The molecule has 7 heteroatoms. The van der Waals surface area contributed by atoms with E-state index in [1.165, 1.54) is 23.3 Å². The van der Waals surface area contributed by atoms with Gasteiger partial charge in [0.25, 0.3) is 5.91 Å². The summed E-state index contributed by atoms with van der Waals surface area (Å²) in [5.41, 5.74) is 0.882. The molecule has 0 spiro atoms. The molecular formula is C21H19N3O3S. The summed E-state index contributed by atoms with van der Waals surface area (Å²) in [4.78, 5) is 30.7. The number of carbonyl (C=O) groups is 2. The Labute approximate surface area is 167 Å². The van der Waals surface area contributed by atoms with E-state index in [1.807, 2.05) is 36.4 Å². The maximum Gasteiger partial charge on any atom is 0.339 e. The fraction of sp³-hybridized carbons (Fsp3) is 0.238. The zero-order valence-corrected chi connectivity index (χ0v) is 16.6. The van der Waals surface area contributed by atoms with E-state index < -0.39 is 24.0 Å². The molecule has 1 heterocycles. The number of hydrogen-bond acceptors (Lipinski definition) is 6. The number of rotatable bonds is 5. The normalized spacial score (nSPS) is 11.1. The first kappa shape index (κ1) is 19.5. The molecular weight excluding hydrogens is 374 g/mol. The Morgan fingerprint density at radius 2 is 1.86 bits per heavy atom. The summed E-state index contributed by atoms with van der Waals surface area (Å²) in [6.45, 7) is 2.80. The van der Waals surface area contributed by atoms with E-state index in [4.69, 9.17) is 10.00 Å². The van der Waals surface area contributed by atoms with Crippen molar-refractivity contribution in [3.8, 4) is 16.6 Å². The van der Waals surface area contributed by atoms with E-state index in [0.717, 1.165) is 10.2 Å². The number of amides is 1. The number of nitriles is 1. The molecule has 0 fully saturated rings. The number of nitrogens with zero attached hydrogens (tertiary/aromatic N) is 3. The highest BCUT2D eigenvalue weighted by Crippen LogP contribution is 2.32. The van der Waals surface area contributed by atoms with Crippen molar-refractivity contribution in [1.29, 1.82) is 5.26 Å². The van der Waals surface area contributed by atoms with Gasteiger partial charge >= 0.3 is 5.97 Å². The summed E-state index contributed by atoms with van der Waals surface area (Å²) >= 11 is 1.49. The van der Waals surface area contributed by atoms with Crippen LogP contribution in [0.4, 0.5) is 0 Å². The molecule has 1 aromatic heterocycles. The van der Waals surface area contributed by atoms with E-state index in [2.05, 4.69) is 4.98 Å². The summed E-state index contributed by atoms with van der Waals surface area (Å²) in [7, 11) is 1.51. The standard InChI is InChI=1S/C21H19N3O3S/c1-21(2,13-22)24(3)18(25)12-27-20(26)15-9-5-4-8-14(15)19-23-16-10-6-7-11-17(16)28-19/h4-11H,12H2,1-3H3. The van der Waals surface area contributed by atoms with Gasteiger partial charge in [0.05, 0.1) is 21.8 Å². The van der Waals surface area contributed by atoms with Crippen LogP contribution in [0.25, 0.3) is 20.8 Å². The summed E-state index contributed by atoms with van der Waals surface area (Å²) in [6.07, 6.45) is 0. The number of esters is 1. The molecule has 0 saturated heterocycles. The number of likely N-dealkylation sites (N-methyl/N-ethyl adjacent to an activating group) is 1. The van der Waals surface area contributed by atoms with Crippen LogP contribution >= 0.6 is 11.3 Å². The van der Waals surface area contributed by atoms with Crippen molar-refractivity contribution < 1.29 is 14.3 Å². The van der Waals surface area contributed by atoms with E-state index in [1.54, 1.807) is 32.0 Å². The van der Waals surface area contributed by atoms with Crippen LogP contribution in [-0.4, -0.2) is 41.0 Å². The second-order valence-electron chi connectivity index (χ2n) is 6.73. The van der Waals surface area contributed by atoms with Gasteiger partial charge in [0.15, 0.2) is 6.61 Å². The number of thiazole rings is 1. The third kappa shape index (κ3) is 3.87. The van der Waals surface area contributed by atoms with Crippen molar-refractivity contribution in [3.05, 3.63) is 54.1 Å². The number of para-hydroxylation sites is 1. The van der Waals surface area contributed by atoms with Crippen molar-refractivity contribution in [2.45, 2.75) is 19.4 Å². The lowest BCUT2D eigenvalue weighted by atomic mass is 10.1. The minimum absolute atomic E-state index is 0.344. The van der Waals surface area contributed by atoms with Gasteiger partial charge in [0, 0.05) is 12.6 Å². The zero-order valence-electron chi connectivity index (χ0n) is 15.8. The number of ether oxygens (including phenoxy) is 1. The molecule has 0 radical (unpaired) electrons. The monoisotopic (exact) mass is 393 g/mol. The van der Waals surface area contributed by atoms with E-state index in [-0.39, 0.29) is 0 Å². The van der Waals surface area contributed by atoms with Gasteiger partial charge in [0.1, 0.15) is 10.5 Å². The molecule has 0 bridgehead atoms. The van der Waals surface area contributed by atoms with E-state index >= 15 is 0 Å². The van der Waals surface area contributed by atoms with E-state index in [0.29, 0.717) is 16.1 Å². The fourth-order valence-electron chi connectivity index (χ4n) is 2.52. The molecule has 6 nitrogen and oxygen atoms in total. The number of benzene rings is 2. The minimum Gasteiger partial charge on any atom is -0.452 e. The molecule has 0 N–H and O–H groups in total. The molecule has 0 aliphatic rings. The Hall–Kier alpha value is -3.24.